The molecule has 39 heavy (non-hydrogen) atoms. The highest BCUT2D eigenvalue weighted by atomic mass is 32.2. The number of carbonyl (C=O) groups excluding carboxylic acids is 3. The molecule has 1 aliphatic carbocycles. The van der Waals surface area contributed by atoms with Gasteiger partial charge in [0.15, 0.2) is 0 Å². The number of carbonyl (C=O) groups is 3. The first-order valence-corrected chi connectivity index (χ1v) is 13.9. The molecule has 202 valence electrons. The van der Waals surface area contributed by atoms with Crippen molar-refractivity contribution in [1.29, 1.82) is 0 Å². The second-order valence-electron chi connectivity index (χ2n) is 9.89. The summed E-state index contributed by atoms with van der Waals surface area (Å²) in [6.07, 6.45) is 7.61. The van der Waals surface area contributed by atoms with E-state index in [-0.39, 0.29) is 53.3 Å². The number of nitrogens with zero attached hydrogens (tertiary/aromatic N) is 3. The number of ether oxygens (including phenoxy) is 1. The topological polar surface area (TPSA) is 138 Å². The summed E-state index contributed by atoms with van der Waals surface area (Å²) < 4.78 is 5.69. The Labute approximate surface area is 229 Å². The first-order valence-electron chi connectivity index (χ1n) is 13.0. The van der Waals surface area contributed by atoms with Crippen molar-refractivity contribution in [1.82, 2.24) is 31.2 Å². The Morgan fingerprint density at radius 1 is 1.10 bits per heavy atom. The van der Waals surface area contributed by atoms with Gasteiger partial charge in [-0.05, 0) is 50.4 Å². The molecule has 0 radical (unpaired) electrons. The number of benzene rings is 1. The average Bonchev–Trinajstić information content (AvgIpc) is 3.54. The van der Waals surface area contributed by atoms with Gasteiger partial charge in [0.25, 0.3) is 5.91 Å². The molecular weight excluding hydrogens is 518 g/mol. The zero-order chi connectivity index (χ0) is 26.9. The fourth-order valence-electron chi connectivity index (χ4n) is 5.78. The van der Waals surface area contributed by atoms with Crippen LogP contribution < -0.4 is 30.9 Å². The van der Waals surface area contributed by atoms with Crippen molar-refractivity contribution in [3.8, 4) is 11.8 Å². The normalized spacial score (nSPS) is 27.4. The molecule has 3 fully saturated rings. The van der Waals surface area contributed by atoms with Crippen LogP contribution in [0.15, 0.2) is 66.0 Å². The molecule has 0 spiro atoms. The van der Waals surface area contributed by atoms with Crippen LogP contribution in [0.3, 0.4) is 0 Å². The van der Waals surface area contributed by atoms with E-state index in [0.29, 0.717) is 35.0 Å². The van der Waals surface area contributed by atoms with Crippen LogP contribution in [-0.2, 0) is 9.59 Å². The molecule has 1 aromatic heterocycles. The Morgan fingerprint density at radius 3 is 2.59 bits per heavy atom. The van der Waals surface area contributed by atoms with Gasteiger partial charge in [0, 0.05) is 23.7 Å². The van der Waals surface area contributed by atoms with Gasteiger partial charge < -0.3 is 26.0 Å². The smallest absolute Gasteiger partial charge is 0.326 e. The molecule has 4 amide bonds. The number of anilines is 1. The third-order valence-electron chi connectivity index (χ3n) is 7.54. The fourth-order valence-corrected chi connectivity index (χ4v) is 7.18. The molecule has 4 heterocycles. The van der Waals surface area contributed by atoms with Gasteiger partial charge in [-0.2, -0.15) is 0 Å². The van der Waals surface area contributed by atoms with Crippen molar-refractivity contribution in [2.45, 2.75) is 49.2 Å². The lowest BCUT2D eigenvalue weighted by atomic mass is 9.86. The molecular formula is C27H29N7O4S. The van der Waals surface area contributed by atoms with E-state index < -0.39 is 0 Å². The van der Waals surface area contributed by atoms with Gasteiger partial charge in [-0.15, -0.1) is 0 Å². The Balaban J connectivity index is 1.20. The van der Waals surface area contributed by atoms with E-state index in [9.17, 15) is 14.4 Å². The summed E-state index contributed by atoms with van der Waals surface area (Å²) in [6.45, 7) is 4.22. The minimum absolute atomic E-state index is 0.0518. The lowest BCUT2D eigenvalue weighted by Crippen LogP contribution is -2.62. The van der Waals surface area contributed by atoms with E-state index in [1.165, 1.54) is 17.8 Å². The maximum Gasteiger partial charge on any atom is 0.326 e. The predicted molar refractivity (Wildman–Crippen MR) is 146 cm³/mol. The summed E-state index contributed by atoms with van der Waals surface area (Å²) in [7, 11) is 0. The summed E-state index contributed by atoms with van der Waals surface area (Å²) in [5.74, 6) is 0.0500. The maximum absolute atomic E-state index is 13.4. The third-order valence-corrected chi connectivity index (χ3v) is 8.89. The molecule has 4 N–H and O–H groups in total. The highest BCUT2D eigenvalue weighted by Crippen LogP contribution is 2.48. The molecule has 1 saturated carbocycles. The Bertz CT molecular complexity index is 1320. The number of thioether (sulfide) groups is 1. The maximum atomic E-state index is 13.4. The highest BCUT2D eigenvalue weighted by molar-refractivity contribution is 8.04. The van der Waals surface area contributed by atoms with Crippen LogP contribution in [0.2, 0.25) is 0 Å². The van der Waals surface area contributed by atoms with Gasteiger partial charge in [-0.25, -0.2) is 14.8 Å². The van der Waals surface area contributed by atoms with Gasteiger partial charge in [0.05, 0.1) is 34.4 Å². The fraction of sp³-hybridized carbons (Fsp3) is 0.370. The number of hydrogen-bond acceptors (Lipinski definition) is 8. The molecule has 12 heteroatoms. The Hall–Kier alpha value is -3.90. The monoisotopic (exact) mass is 547 g/mol. The number of hydrogen-bond donors (Lipinski definition) is 4. The van der Waals surface area contributed by atoms with Gasteiger partial charge in [0.2, 0.25) is 5.91 Å². The van der Waals surface area contributed by atoms with Crippen molar-refractivity contribution in [3.63, 3.8) is 0 Å². The minimum Gasteiger partial charge on any atom is -0.424 e. The van der Waals surface area contributed by atoms with Crippen LogP contribution in [0.1, 0.15) is 25.7 Å². The first-order chi connectivity index (χ1) is 19.0. The van der Waals surface area contributed by atoms with E-state index in [4.69, 9.17) is 4.74 Å². The first kappa shape index (κ1) is 25.4. The van der Waals surface area contributed by atoms with Crippen LogP contribution in [-0.4, -0.2) is 57.9 Å². The summed E-state index contributed by atoms with van der Waals surface area (Å²) in [6, 6.07) is 8.64. The van der Waals surface area contributed by atoms with E-state index in [2.05, 4.69) is 37.8 Å². The summed E-state index contributed by atoms with van der Waals surface area (Å²) in [4.78, 5) is 49.5. The predicted octanol–water partition coefficient (Wildman–Crippen LogP) is 2.40. The molecule has 1 aromatic carbocycles. The summed E-state index contributed by atoms with van der Waals surface area (Å²) in [5, 5.41) is 12.5. The standard InChI is InChI=1S/C27H29N7O4S/c1-2-20(35)31-17-9-6-10-18(17)32-24(36)23-22-21-19(11-12-28-25(21)39-23)34(27(37)33-22)15-13-29-26(30-14-15)38-16-7-4-3-5-8-16/h2-5,7-8,13-14,17-19,21,25,28H,1,6,9-12H2,(H,31,35)(H,32,36)(H,33,37)/t17-,18+,19?,21?,25?/m0/s1. The Kier molecular flexibility index (Phi) is 6.96. The summed E-state index contributed by atoms with van der Waals surface area (Å²) in [5.41, 5.74) is 1.21. The van der Waals surface area contributed by atoms with Crippen molar-refractivity contribution < 1.29 is 19.1 Å². The number of para-hydroxylation sites is 1. The van der Waals surface area contributed by atoms with Crippen LogP contribution in [0.25, 0.3) is 0 Å². The number of aromatic nitrogens is 2. The number of urea groups is 1. The van der Waals surface area contributed by atoms with Gasteiger partial charge >= 0.3 is 12.0 Å². The molecule has 11 nitrogen and oxygen atoms in total. The van der Waals surface area contributed by atoms with Gasteiger partial charge in [-0.3, -0.25) is 14.5 Å². The van der Waals surface area contributed by atoms with Crippen LogP contribution in [0, 0.1) is 5.92 Å². The second-order valence-corrected chi connectivity index (χ2v) is 11.0. The molecule has 2 saturated heterocycles. The van der Waals surface area contributed by atoms with E-state index in [1.54, 1.807) is 17.3 Å². The van der Waals surface area contributed by atoms with Crippen molar-refractivity contribution >= 4 is 35.3 Å². The van der Waals surface area contributed by atoms with Crippen molar-refractivity contribution in [2.24, 2.45) is 5.92 Å². The third kappa shape index (κ3) is 4.97. The molecule has 3 aliphatic heterocycles. The van der Waals surface area contributed by atoms with Crippen molar-refractivity contribution in [3.05, 3.63) is 66.0 Å². The number of rotatable bonds is 7. The van der Waals surface area contributed by atoms with E-state index >= 15 is 0 Å². The molecule has 3 unspecified atom stereocenters. The van der Waals surface area contributed by atoms with E-state index in [1.807, 2.05) is 30.3 Å². The van der Waals surface area contributed by atoms with Gasteiger partial charge in [-0.1, -0.05) is 36.5 Å². The number of amides is 4. The molecule has 0 bridgehead atoms. The molecule has 6 rings (SSSR count). The number of piperidine rings is 1. The lowest BCUT2D eigenvalue weighted by Gasteiger charge is -2.45. The zero-order valence-electron chi connectivity index (χ0n) is 21.1. The highest BCUT2D eigenvalue weighted by Gasteiger charge is 2.52. The quantitative estimate of drug-likeness (QED) is 0.388. The average molecular weight is 548 g/mol. The number of nitrogens with one attached hydrogen (secondary N) is 4. The molecule has 2 aromatic rings. The minimum atomic E-state index is -0.322. The largest absolute Gasteiger partial charge is 0.424 e. The Morgan fingerprint density at radius 2 is 1.85 bits per heavy atom. The van der Waals surface area contributed by atoms with Crippen molar-refractivity contribution in [2.75, 3.05) is 11.4 Å². The van der Waals surface area contributed by atoms with Crippen LogP contribution >= 0.6 is 11.8 Å². The SMILES string of the molecule is C=CC(=O)N[C@H]1CCC[C@H]1NC(=O)C1=C2NC(=O)N(c3cnc(Oc4ccccc4)nc3)C3CCNC(S1)C23. The van der Waals surface area contributed by atoms with Crippen LogP contribution in [0.4, 0.5) is 10.5 Å². The second kappa shape index (κ2) is 10.7. The molecule has 4 aliphatic rings. The zero-order valence-corrected chi connectivity index (χ0v) is 21.9. The van der Waals surface area contributed by atoms with Crippen LogP contribution in [0.5, 0.6) is 11.8 Å². The van der Waals surface area contributed by atoms with Gasteiger partial charge in [0.1, 0.15) is 5.75 Å². The van der Waals surface area contributed by atoms with E-state index in [0.717, 1.165) is 19.3 Å². The lowest BCUT2D eigenvalue weighted by molar-refractivity contribution is -0.119. The summed E-state index contributed by atoms with van der Waals surface area (Å²) >= 11 is 1.45. The molecule has 5 atom stereocenters.